The zero-order chi connectivity index (χ0) is 14.8. The van der Waals surface area contributed by atoms with Gasteiger partial charge in [0.25, 0.3) is 0 Å². The molecule has 118 valence electrons. The number of nitrogens with one attached hydrogen (secondary N) is 2. The van der Waals surface area contributed by atoms with Gasteiger partial charge in [0.2, 0.25) is 0 Å². The van der Waals surface area contributed by atoms with Crippen LogP contribution in [0.2, 0.25) is 0 Å². The van der Waals surface area contributed by atoms with Gasteiger partial charge in [-0.1, -0.05) is 37.3 Å². The lowest BCUT2D eigenvalue weighted by molar-refractivity contribution is 0.332. The van der Waals surface area contributed by atoms with Gasteiger partial charge < -0.3 is 15.2 Å². The standard InChI is InChI=1S/C16H28N4O/c1-2-17-16(19-13-15-10-12-21-20-15)18-11-6-9-14-7-4-3-5-8-14/h10,12,14H,2-9,11,13H2,1H3,(H2,17,18,19). The smallest absolute Gasteiger partial charge is 0.191 e. The first-order valence-corrected chi connectivity index (χ1v) is 8.30. The monoisotopic (exact) mass is 292 g/mol. The Bertz CT molecular complexity index is 396. The summed E-state index contributed by atoms with van der Waals surface area (Å²) in [4.78, 5) is 4.51. The van der Waals surface area contributed by atoms with Crippen molar-refractivity contribution in [3.05, 3.63) is 18.0 Å². The number of hydrogen-bond donors (Lipinski definition) is 2. The predicted molar refractivity (Wildman–Crippen MR) is 85.1 cm³/mol. The van der Waals surface area contributed by atoms with Crippen molar-refractivity contribution >= 4 is 5.96 Å². The molecule has 1 fully saturated rings. The van der Waals surface area contributed by atoms with Crippen LogP contribution in [0.3, 0.4) is 0 Å². The molecule has 0 bridgehead atoms. The Balaban J connectivity index is 1.65. The van der Waals surface area contributed by atoms with Gasteiger partial charge >= 0.3 is 0 Å². The summed E-state index contributed by atoms with van der Waals surface area (Å²) in [5.74, 6) is 1.82. The summed E-state index contributed by atoms with van der Waals surface area (Å²) in [5.41, 5.74) is 0.856. The minimum Gasteiger partial charge on any atom is -0.364 e. The minimum absolute atomic E-state index is 0.550. The molecule has 5 nitrogen and oxygen atoms in total. The van der Waals surface area contributed by atoms with E-state index in [0.29, 0.717) is 6.54 Å². The molecule has 1 aliphatic rings. The van der Waals surface area contributed by atoms with E-state index in [1.165, 1.54) is 44.9 Å². The van der Waals surface area contributed by atoms with Gasteiger partial charge in [-0.25, -0.2) is 4.99 Å². The van der Waals surface area contributed by atoms with E-state index in [4.69, 9.17) is 4.52 Å². The third-order valence-electron chi connectivity index (χ3n) is 4.04. The summed E-state index contributed by atoms with van der Waals surface area (Å²) < 4.78 is 4.81. The number of nitrogens with zero attached hydrogens (tertiary/aromatic N) is 2. The molecule has 0 amide bonds. The fourth-order valence-electron chi connectivity index (χ4n) is 2.89. The minimum atomic E-state index is 0.550. The number of guanidine groups is 1. The molecule has 2 rings (SSSR count). The summed E-state index contributed by atoms with van der Waals surface area (Å²) >= 11 is 0. The number of aliphatic imine (C=N–C) groups is 1. The molecule has 0 aliphatic heterocycles. The normalized spacial score (nSPS) is 16.9. The van der Waals surface area contributed by atoms with Crippen LogP contribution in [-0.2, 0) is 6.54 Å². The predicted octanol–water partition coefficient (Wildman–Crippen LogP) is 3.09. The molecule has 0 spiro atoms. The lowest BCUT2D eigenvalue weighted by Crippen LogP contribution is -2.37. The van der Waals surface area contributed by atoms with Gasteiger partial charge in [0, 0.05) is 19.2 Å². The van der Waals surface area contributed by atoms with Crippen molar-refractivity contribution < 1.29 is 4.52 Å². The molecule has 1 aliphatic carbocycles. The third kappa shape index (κ3) is 6.19. The summed E-state index contributed by atoms with van der Waals surface area (Å²) in [5, 5.41) is 10.5. The lowest BCUT2D eigenvalue weighted by atomic mass is 9.86. The fraction of sp³-hybridized carbons (Fsp3) is 0.750. The van der Waals surface area contributed by atoms with E-state index in [9.17, 15) is 0 Å². The molecule has 1 saturated carbocycles. The Labute approximate surface area is 127 Å². The molecule has 0 aromatic carbocycles. The van der Waals surface area contributed by atoms with Crippen molar-refractivity contribution in [1.29, 1.82) is 0 Å². The van der Waals surface area contributed by atoms with Gasteiger partial charge in [-0.3, -0.25) is 0 Å². The van der Waals surface area contributed by atoms with Crippen LogP contribution in [0.4, 0.5) is 0 Å². The van der Waals surface area contributed by atoms with Crippen molar-refractivity contribution in [3.63, 3.8) is 0 Å². The summed E-state index contributed by atoms with van der Waals surface area (Å²) in [6.45, 7) is 4.48. The molecular weight excluding hydrogens is 264 g/mol. The molecule has 1 heterocycles. The highest BCUT2D eigenvalue weighted by molar-refractivity contribution is 5.79. The van der Waals surface area contributed by atoms with Crippen LogP contribution in [0, 0.1) is 5.92 Å². The van der Waals surface area contributed by atoms with Crippen molar-refractivity contribution in [3.8, 4) is 0 Å². The average molecular weight is 292 g/mol. The lowest BCUT2D eigenvalue weighted by Gasteiger charge is -2.21. The molecule has 5 heteroatoms. The molecular formula is C16H28N4O. The van der Waals surface area contributed by atoms with Gasteiger partial charge in [0.05, 0.1) is 6.54 Å². The highest BCUT2D eigenvalue weighted by atomic mass is 16.5. The molecule has 1 aromatic rings. The Morgan fingerprint density at radius 1 is 1.33 bits per heavy atom. The Morgan fingerprint density at radius 2 is 2.19 bits per heavy atom. The Morgan fingerprint density at radius 3 is 2.90 bits per heavy atom. The van der Waals surface area contributed by atoms with Gasteiger partial charge in [-0.2, -0.15) is 0 Å². The molecule has 0 saturated heterocycles. The van der Waals surface area contributed by atoms with Gasteiger partial charge in [-0.15, -0.1) is 0 Å². The fourth-order valence-corrected chi connectivity index (χ4v) is 2.89. The molecule has 2 N–H and O–H groups in total. The quantitative estimate of drug-likeness (QED) is 0.460. The van der Waals surface area contributed by atoms with Crippen molar-refractivity contribution in [2.45, 2.75) is 58.4 Å². The van der Waals surface area contributed by atoms with E-state index in [1.807, 2.05) is 6.07 Å². The van der Waals surface area contributed by atoms with E-state index < -0.39 is 0 Å². The van der Waals surface area contributed by atoms with E-state index in [-0.39, 0.29) is 0 Å². The van der Waals surface area contributed by atoms with E-state index in [2.05, 4.69) is 27.7 Å². The number of aromatic nitrogens is 1. The van der Waals surface area contributed by atoms with Crippen LogP contribution in [-0.4, -0.2) is 24.2 Å². The van der Waals surface area contributed by atoms with Crippen molar-refractivity contribution in [2.24, 2.45) is 10.9 Å². The van der Waals surface area contributed by atoms with E-state index in [0.717, 1.165) is 30.7 Å². The van der Waals surface area contributed by atoms with Crippen LogP contribution in [0.15, 0.2) is 21.8 Å². The maximum Gasteiger partial charge on any atom is 0.191 e. The van der Waals surface area contributed by atoms with Gasteiger partial charge in [-0.05, 0) is 25.7 Å². The first-order chi connectivity index (χ1) is 10.4. The maximum absolute atomic E-state index is 4.81. The highest BCUT2D eigenvalue weighted by Gasteiger charge is 2.12. The summed E-state index contributed by atoms with van der Waals surface area (Å²) in [7, 11) is 0. The molecule has 1 aromatic heterocycles. The molecule has 21 heavy (non-hydrogen) atoms. The van der Waals surface area contributed by atoms with Crippen LogP contribution in [0.25, 0.3) is 0 Å². The first kappa shape index (κ1) is 15.9. The zero-order valence-corrected chi connectivity index (χ0v) is 13.1. The second kappa shape index (κ2) is 9.42. The number of rotatable bonds is 7. The maximum atomic E-state index is 4.81. The Kier molecular flexibility index (Phi) is 7.12. The topological polar surface area (TPSA) is 62.5 Å². The summed E-state index contributed by atoms with van der Waals surface area (Å²) in [6, 6.07) is 1.84. The zero-order valence-electron chi connectivity index (χ0n) is 13.1. The van der Waals surface area contributed by atoms with Crippen molar-refractivity contribution in [1.82, 2.24) is 15.8 Å². The molecule has 0 atom stereocenters. The second-order valence-electron chi connectivity index (χ2n) is 5.76. The van der Waals surface area contributed by atoms with Crippen LogP contribution < -0.4 is 10.6 Å². The van der Waals surface area contributed by atoms with Crippen LogP contribution >= 0.6 is 0 Å². The van der Waals surface area contributed by atoms with E-state index >= 15 is 0 Å². The second-order valence-corrected chi connectivity index (χ2v) is 5.76. The molecule has 0 unspecified atom stereocenters. The van der Waals surface area contributed by atoms with Gasteiger partial charge in [0.15, 0.2) is 5.96 Å². The average Bonchev–Trinajstić information content (AvgIpc) is 3.03. The van der Waals surface area contributed by atoms with Crippen LogP contribution in [0.5, 0.6) is 0 Å². The summed E-state index contributed by atoms with van der Waals surface area (Å²) in [6.07, 6.45) is 11.3. The largest absolute Gasteiger partial charge is 0.364 e. The number of hydrogen-bond acceptors (Lipinski definition) is 3. The highest BCUT2D eigenvalue weighted by Crippen LogP contribution is 2.26. The first-order valence-electron chi connectivity index (χ1n) is 8.30. The molecule has 0 radical (unpaired) electrons. The third-order valence-corrected chi connectivity index (χ3v) is 4.04. The van der Waals surface area contributed by atoms with Gasteiger partial charge in [0.1, 0.15) is 12.0 Å². The Hall–Kier alpha value is -1.52. The van der Waals surface area contributed by atoms with Crippen LogP contribution in [0.1, 0.15) is 57.6 Å². The van der Waals surface area contributed by atoms with Crippen molar-refractivity contribution in [2.75, 3.05) is 13.1 Å². The SMILES string of the molecule is CCNC(=NCc1ccon1)NCCCC1CCCCC1. The van der Waals surface area contributed by atoms with E-state index in [1.54, 1.807) is 6.26 Å².